The predicted molar refractivity (Wildman–Crippen MR) is 70.1 cm³/mol. The highest BCUT2D eigenvalue weighted by Gasteiger charge is 2.33. The maximum absolute atomic E-state index is 11.6. The Kier molecular flexibility index (Phi) is 4.06. The molecule has 2 nitrogen and oxygen atoms in total. The molecule has 1 aliphatic carbocycles. The fraction of sp³-hybridized carbons (Fsp3) is 0.500. The van der Waals surface area contributed by atoms with Crippen LogP contribution in [0.1, 0.15) is 25.3 Å². The lowest BCUT2D eigenvalue weighted by molar-refractivity contribution is -0.121. The summed E-state index contributed by atoms with van der Waals surface area (Å²) in [6.45, 7) is 2.89. The molecule has 2 rings (SSSR count). The molecule has 17 heavy (non-hydrogen) atoms. The molecule has 1 aromatic rings. The molecule has 1 N–H and O–H groups in total. The van der Waals surface area contributed by atoms with Crippen molar-refractivity contribution in [1.29, 1.82) is 0 Å². The van der Waals surface area contributed by atoms with Crippen molar-refractivity contribution >= 4 is 17.5 Å². The second-order valence-electron chi connectivity index (χ2n) is 4.91. The van der Waals surface area contributed by atoms with E-state index >= 15 is 0 Å². The van der Waals surface area contributed by atoms with Crippen LogP contribution in [0.3, 0.4) is 0 Å². The number of hydrogen-bond acceptors (Lipinski definition) is 1. The van der Waals surface area contributed by atoms with Crippen molar-refractivity contribution in [1.82, 2.24) is 5.32 Å². The second-order valence-corrected chi connectivity index (χ2v) is 5.34. The minimum absolute atomic E-state index is 0.182. The summed E-state index contributed by atoms with van der Waals surface area (Å²) in [6.07, 6.45) is 2.74. The van der Waals surface area contributed by atoms with Gasteiger partial charge in [-0.15, -0.1) is 0 Å². The maximum Gasteiger partial charge on any atom is 0.220 e. The van der Waals surface area contributed by atoms with Gasteiger partial charge in [0.1, 0.15) is 0 Å². The Morgan fingerprint density at radius 1 is 1.53 bits per heavy atom. The van der Waals surface area contributed by atoms with Crippen LogP contribution in [-0.2, 0) is 11.2 Å². The molecular formula is C14H18ClNO. The third-order valence-electron chi connectivity index (χ3n) is 3.35. The lowest BCUT2D eigenvalue weighted by atomic mass is 10.1. The zero-order valence-corrected chi connectivity index (χ0v) is 10.8. The summed E-state index contributed by atoms with van der Waals surface area (Å²) >= 11 is 5.89. The molecule has 1 fully saturated rings. The summed E-state index contributed by atoms with van der Waals surface area (Å²) < 4.78 is 0. The van der Waals surface area contributed by atoms with Crippen LogP contribution in [0.15, 0.2) is 24.3 Å². The van der Waals surface area contributed by atoms with E-state index in [0.717, 1.165) is 22.9 Å². The summed E-state index contributed by atoms with van der Waals surface area (Å²) in [5.41, 5.74) is 1.16. The highest BCUT2D eigenvalue weighted by atomic mass is 35.5. The molecule has 2 unspecified atom stereocenters. The molecule has 92 valence electrons. The molecule has 3 heteroatoms. The normalized spacial score (nSPS) is 22.2. The van der Waals surface area contributed by atoms with E-state index in [1.165, 1.54) is 6.42 Å². The van der Waals surface area contributed by atoms with Gasteiger partial charge in [-0.2, -0.15) is 0 Å². The van der Waals surface area contributed by atoms with Crippen molar-refractivity contribution in [2.45, 2.75) is 26.2 Å². The Labute approximate surface area is 107 Å². The third-order valence-corrected chi connectivity index (χ3v) is 3.58. The fourth-order valence-corrected chi connectivity index (χ4v) is 2.25. The van der Waals surface area contributed by atoms with Gasteiger partial charge in [0.2, 0.25) is 5.91 Å². The van der Waals surface area contributed by atoms with Crippen molar-refractivity contribution in [3.05, 3.63) is 34.9 Å². The summed E-state index contributed by atoms with van der Waals surface area (Å²) in [7, 11) is 0. The first kappa shape index (κ1) is 12.4. The van der Waals surface area contributed by atoms with Crippen molar-refractivity contribution in [2.24, 2.45) is 11.8 Å². The molecule has 1 aliphatic rings. The van der Waals surface area contributed by atoms with E-state index in [1.54, 1.807) is 0 Å². The lowest BCUT2D eigenvalue weighted by Gasteiger charge is -2.05. The first-order valence-electron chi connectivity index (χ1n) is 6.16. The highest BCUT2D eigenvalue weighted by Crippen LogP contribution is 2.40. The van der Waals surface area contributed by atoms with Crippen molar-refractivity contribution in [3.8, 4) is 0 Å². The number of benzene rings is 1. The van der Waals surface area contributed by atoms with Gasteiger partial charge < -0.3 is 5.32 Å². The Morgan fingerprint density at radius 2 is 2.29 bits per heavy atom. The third kappa shape index (κ3) is 4.04. The molecule has 0 aromatic heterocycles. The Bertz CT molecular complexity index is 405. The van der Waals surface area contributed by atoms with E-state index in [9.17, 15) is 4.79 Å². The van der Waals surface area contributed by atoms with E-state index in [0.29, 0.717) is 18.9 Å². The molecule has 1 aromatic carbocycles. The Balaban J connectivity index is 1.67. The average Bonchev–Trinajstić information content (AvgIpc) is 2.94. The van der Waals surface area contributed by atoms with Crippen LogP contribution in [0.25, 0.3) is 0 Å². The first-order valence-corrected chi connectivity index (χ1v) is 6.54. The second kappa shape index (κ2) is 5.54. The van der Waals surface area contributed by atoms with Gasteiger partial charge in [-0.05, 0) is 42.4 Å². The van der Waals surface area contributed by atoms with Gasteiger partial charge in [-0.25, -0.2) is 0 Å². The molecule has 0 spiro atoms. The number of rotatable bonds is 5. The highest BCUT2D eigenvalue weighted by molar-refractivity contribution is 6.30. The molecule has 0 radical (unpaired) electrons. The van der Waals surface area contributed by atoms with Gasteiger partial charge in [-0.3, -0.25) is 4.79 Å². The molecule has 0 heterocycles. The summed E-state index contributed by atoms with van der Waals surface area (Å²) in [6, 6.07) is 7.77. The smallest absolute Gasteiger partial charge is 0.220 e. The van der Waals surface area contributed by atoms with Crippen molar-refractivity contribution in [2.75, 3.05) is 6.54 Å². The summed E-state index contributed by atoms with van der Waals surface area (Å²) in [5, 5.41) is 3.71. The molecule has 0 aliphatic heterocycles. The predicted octanol–water partition coefficient (Wildman–Crippen LogP) is 3.04. The van der Waals surface area contributed by atoms with Gasteiger partial charge >= 0.3 is 0 Å². The van der Waals surface area contributed by atoms with Crippen LogP contribution in [0.2, 0.25) is 5.02 Å². The van der Waals surface area contributed by atoms with E-state index in [4.69, 9.17) is 11.6 Å². The lowest BCUT2D eigenvalue weighted by Crippen LogP contribution is -2.25. The van der Waals surface area contributed by atoms with E-state index in [2.05, 4.69) is 12.2 Å². The van der Waals surface area contributed by atoms with Crippen molar-refractivity contribution in [3.63, 3.8) is 0 Å². The number of hydrogen-bond donors (Lipinski definition) is 1. The minimum Gasteiger partial charge on any atom is -0.356 e. The van der Waals surface area contributed by atoms with Crippen LogP contribution in [0.5, 0.6) is 0 Å². The van der Waals surface area contributed by atoms with Crippen LogP contribution in [-0.4, -0.2) is 12.5 Å². The largest absolute Gasteiger partial charge is 0.356 e. The number of nitrogens with one attached hydrogen (secondary N) is 1. The number of carbonyl (C=O) groups is 1. The topological polar surface area (TPSA) is 29.1 Å². The molecule has 0 bridgehead atoms. The molecule has 1 saturated carbocycles. The zero-order valence-electron chi connectivity index (χ0n) is 10.1. The van der Waals surface area contributed by atoms with E-state index in [1.807, 2.05) is 24.3 Å². The van der Waals surface area contributed by atoms with Gasteiger partial charge in [0.05, 0.1) is 0 Å². The quantitative estimate of drug-likeness (QED) is 0.856. The van der Waals surface area contributed by atoms with Gasteiger partial charge in [0.25, 0.3) is 0 Å². The van der Waals surface area contributed by atoms with Crippen LogP contribution < -0.4 is 5.32 Å². The SMILES string of the molecule is CC1CC1CC(=O)NCCc1cccc(Cl)c1. The number of halogens is 1. The molecular weight excluding hydrogens is 234 g/mol. The van der Waals surface area contributed by atoms with Crippen molar-refractivity contribution < 1.29 is 4.79 Å². The standard InChI is InChI=1S/C14H18ClNO/c1-10-7-12(10)9-14(17)16-6-5-11-3-2-4-13(15)8-11/h2-4,8,10,12H,5-7,9H2,1H3,(H,16,17). The van der Waals surface area contributed by atoms with Crippen LogP contribution in [0.4, 0.5) is 0 Å². The van der Waals surface area contributed by atoms with E-state index in [-0.39, 0.29) is 5.91 Å². The maximum atomic E-state index is 11.6. The van der Waals surface area contributed by atoms with Crippen LogP contribution in [0, 0.1) is 11.8 Å². The first-order chi connectivity index (χ1) is 8.15. The van der Waals surface area contributed by atoms with Gasteiger partial charge in [-0.1, -0.05) is 30.7 Å². The minimum atomic E-state index is 0.182. The zero-order chi connectivity index (χ0) is 12.3. The molecule has 0 saturated heterocycles. The van der Waals surface area contributed by atoms with Crippen LogP contribution >= 0.6 is 11.6 Å². The number of carbonyl (C=O) groups excluding carboxylic acids is 1. The van der Waals surface area contributed by atoms with Gasteiger partial charge in [0.15, 0.2) is 0 Å². The Morgan fingerprint density at radius 3 is 2.94 bits per heavy atom. The summed E-state index contributed by atoms with van der Waals surface area (Å²) in [5.74, 6) is 1.55. The molecule has 2 atom stereocenters. The molecule has 1 amide bonds. The Hall–Kier alpha value is -1.02. The average molecular weight is 252 g/mol. The van der Waals surface area contributed by atoms with E-state index < -0.39 is 0 Å². The van der Waals surface area contributed by atoms with Gasteiger partial charge in [0, 0.05) is 18.0 Å². The fourth-order valence-electron chi connectivity index (χ4n) is 2.03. The summed E-state index contributed by atoms with van der Waals surface area (Å²) in [4.78, 5) is 11.6. The number of amides is 1. The monoisotopic (exact) mass is 251 g/mol.